The van der Waals surface area contributed by atoms with Gasteiger partial charge in [-0.2, -0.15) is 0 Å². The molecule has 766 valence electrons. The second-order valence-corrected chi connectivity index (χ2v) is 38.0. The van der Waals surface area contributed by atoms with E-state index in [2.05, 4.69) is 47.9 Å². The highest BCUT2D eigenvalue weighted by atomic mass is 35.5. The van der Waals surface area contributed by atoms with Crippen LogP contribution in [0.3, 0.4) is 0 Å². The maximum Gasteiger partial charge on any atom is 0.413 e. The van der Waals surface area contributed by atoms with E-state index in [1.807, 2.05) is 36.4 Å². The van der Waals surface area contributed by atoms with E-state index in [1.165, 1.54) is 63.2 Å². The van der Waals surface area contributed by atoms with Gasteiger partial charge in [-0.1, -0.05) is 109 Å². The number of primary amides is 1. The number of carbonyl (C=O) groups excluding carboxylic acids is 9. The minimum absolute atomic E-state index is 0.0726. The van der Waals surface area contributed by atoms with Gasteiger partial charge in [-0.15, -0.1) is 0 Å². The molecule has 45 heteroatoms. The molecule has 24 N–H and O–H groups in total. The summed E-state index contributed by atoms with van der Waals surface area (Å²) in [5.74, 6) is -17.0. The van der Waals surface area contributed by atoms with Gasteiger partial charge in [0, 0.05) is 59.7 Å². The predicted molar refractivity (Wildman–Crippen MR) is 508 cm³/mol. The molecular formula is C97H118Cl3N13O29. The molecule has 15 rings (SSSR count). The molecule has 7 aromatic rings. The topological polar surface area (TPSA) is 635 Å². The van der Waals surface area contributed by atoms with E-state index in [0.717, 1.165) is 71.5 Å². The van der Waals surface area contributed by atoms with Gasteiger partial charge in [0.1, 0.15) is 89.8 Å². The first-order valence-corrected chi connectivity index (χ1v) is 47.2. The zero-order valence-corrected chi connectivity index (χ0v) is 80.9. The second-order valence-electron chi connectivity index (χ2n) is 36.8. The number of aliphatic carboxylic acids is 1. The summed E-state index contributed by atoms with van der Waals surface area (Å²) >= 11 is 21.0. The van der Waals surface area contributed by atoms with E-state index in [9.17, 15) is 65.1 Å². The van der Waals surface area contributed by atoms with Crippen LogP contribution in [0.25, 0.3) is 22.3 Å². The Morgan fingerprint density at radius 2 is 1.25 bits per heavy atom. The molecule has 142 heavy (non-hydrogen) atoms. The van der Waals surface area contributed by atoms with Crippen LogP contribution in [0.15, 0.2) is 127 Å². The highest BCUT2D eigenvalue weighted by molar-refractivity contribution is 6.32. The number of phenolic OH excluding ortho intramolecular Hbond substituents is 2. The Morgan fingerprint density at radius 1 is 0.648 bits per heavy atom. The van der Waals surface area contributed by atoms with Gasteiger partial charge in [0.05, 0.1) is 54.0 Å². The highest BCUT2D eigenvalue weighted by Gasteiger charge is 2.54. The van der Waals surface area contributed by atoms with Crippen molar-refractivity contribution in [2.24, 2.45) is 23.1 Å². The summed E-state index contributed by atoms with van der Waals surface area (Å²) in [4.78, 5) is 151. The molecule has 42 nitrogen and oxygen atoms in total. The van der Waals surface area contributed by atoms with Crippen LogP contribution in [-0.2, 0) is 82.9 Å². The Labute approximate surface area is 830 Å². The third-order valence-electron chi connectivity index (χ3n) is 25.5. The monoisotopic (exact) mass is 2030 g/mol. The number of esters is 1. The molecule has 0 aromatic heterocycles. The van der Waals surface area contributed by atoms with Crippen LogP contribution in [0.5, 0.6) is 40.2 Å². The summed E-state index contributed by atoms with van der Waals surface area (Å²) < 4.78 is 63.7. The molecule has 3 saturated heterocycles. The fraction of sp³-hybridized carbons (Fsp3) is 0.464. The van der Waals surface area contributed by atoms with Gasteiger partial charge in [0.2, 0.25) is 60.2 Å². The highest BCUT2D eigenvalue weighted by Crippen LogP contribution is 2.51. The predicted octanol–water partition coefficient (Wildman–Crippen LogP) is 4.37. The number of aryl methyl sites for hydroxylation is 1. The van der Waals surface area contributed by atoms with Crippen LogP contribution in [0.4, 0.5) is 4.79 Å². The number of carboxylic acid groups (broad SMARTS) is 1. The smallest absolute Gasteiger partial charge is 0.413 e. The molecule has 8 aliphatic rings. The molecule has 0 spiro atoms. The molecule has 7 aromatic carbocycles. The van der Waals surface area contributed by atoms with E-state index in [0.29, 0.717) is 37.6 Å². The molecular weight excluding hydrogens is 1920 g/mol. The van der Waals surface area contributed by atoms with Crippen molar-refractivity contribution in [1.29, 1.82) is 0 Å². The number of nitrogens with two attached hydrogens (primary N) is 3. The number of carbonyl (C=O) groups is 10. The number of carboxylic acids is 1. The fourth-order valence-electron chi connectivity index (χ4n) is 17.7. The first-order chi connectivity index (χ1) is 67.4. The zero-order chi connectivity index (χ0) is 103. The Hall–Kier alpha value is -11.7. The molecule has 22 atom stereocenters. The van der Waals surface area contributed by atoms with Crippen molar-refractivity contribution in [3.63, 3.8) is 0 Å². The number of aliphatic hydroxyl groups is 6. The number of benzene rings is 7. The number of rotatable bonds is 30. The number of halogens is 3. The molecule has 0 radical (unpaired) electrons. The minimum atomic E-state index is -2.44. The lowest BCUT2D eigenvalue weighted by atomic mass is 9.84. The number of hydrogen-bond acceptors (Lipinski definition) is 33. The van der Waals surface area contributed by atoms with E-state index in [4.69, 9.17) is 99.4 Å². The number of nitrogens with zero attached hydrogens (tertiary/aromatic N) is 1. The van der Waals surface area contributed by atoms with Crippen molar-refractivity contribution in [2.45, 2.75) is 227 Å². The maximum absolute atomic E-state index is 16.8. The van der Waals surface area contributed by atoms with Crippen LogP contribution in [0, 0.1) is 12.8 Å². The van der Waals surface area contributed by atoms with Crippen molar-refractivity contribution in [2.75, 3.05) is 53.2 Å². The third-order valence-corrected chi connectivity index (χ3v) is 26.3. The van der Waals surface area contributed by atoms with Crippen molar-refractivity contribution in [3.8, 4) is 62.5 Å². The summed E-state index contributed by atoms with van der Waals surface area (Å²) in [6.07, 6.45) is -23.7. The average molecular weight is 2040 g/mol. The van der Waals surface area contributed by atoms with Crippen molar-refractivity contribution in [3.05, 3.63) is 181 Å². The Kier molecular flexibility index (Phi) is 35.4. The van der Waals surface area contributed by atoms with Gasteiger partial charge < -0.3 is 158 Å². The van der Waals surface area contributed by atoms with Gasteiger partial charge in [-0.25, -0.2) is 9.59 Å². The summed E-state index contributed by atoms with van der Waals surface area (Å²) in [5, 5.41) is 131. The van der Waals surface area contributed by atoms with Gasteiger partial charge in [-0.05, 0) is 197 Å². The molecule has 8 heterocycles. The quantitative estimate of drug-likeness (QED) is 0.0169. The normalized spacial score (nSPS) is 27.5. The lowest BCUT2D eigenvalue weighted by Gasteiger charge is -2.48. The van der Waals surface area contributed by atoms with Crippen LogP contribution < -0.4 is 79.3 Å². The zero-order valence-electron chi connectivity index (χ0n) is 78.7. The van der Waals surface area contributed by atoms with E-state index < -0.39 is 280 Å². The standard InChI is InChI=1S/C97H118Cl3N13O29/c1-44(2)29-62(113(8)95(132)134-43-133-70(118)41-105-28-10-27-104-26-9-25-101)88(125)111-77-79(119)52-19-23-64(59(99)31-52)137-66-33-54-34-67(83(66)142-94-84(81(121)80(120)68(42-114)139-94)141-72-39-97(7,86(123)47(5)136-72)106-40-48-12-15-49(16-13-48)50-17-21-55(98)22-18-50)138-65-24-20-53(32-60(65)100)82(140-71-38-96(6,103)85(122)46(4)135-71)78-92(129)110-76(93(130)131)58-35-56(115)36-63(116)73(58)57-30-51(14-11-45(57)3)74(89(126)112-78)109-90(127)75(54)108-87(124)61(37-69(102)117)107-91(77)128/h11-24,30-36,44,46-47,61-62,68,71-72,74-82,84-86,94,104-106,114-116,119-123H,9-10,25-29,37-43,101,103H2,1-8H3,(H2,102,117)(H,107,128)(H,108,124)(H,109,127)(H,110,129)(H,111,125)(H,112,126)(H,130,131)/t46-,47-,61-,62+,68+,71-,72-,74+,75+,76+,77+,78-,79+,80+,81-,82+,84+,85-,86-,94-,96-,97-/m0/s1. The lowest BCUT2D eigenvalue weighted by Crippen LogP contribution is -2.65. The Balaban J connectivity index is 0.968. The Bertz CT molecular complexity index is 5780. The van der Waals surface area contributed by atoms with Gasteiger partial charge in [0.15, 0.2) is 36.2 Å². The molecule has 8 amide bonds. The SMILES string of the molecule is Cc1ccc2cc1-c1c(O)cc(O)cc1[C@H](C(=O)O)NC(=O)[C@H]1NC(=O)[C@@H]2NC(=O)[C@@H]2NC(=O)[C@H](CC(N)=O)NC(=O)[C@H](NC(=O)[C@@H](CC(C)C)N(C)C(=O)OCOC(=O)CNCCCNCCCN)[C@H](O)c3ccc(c(Cl)c3)Oc3cc2cc(c3O[C@@H]2O[C@H](CO)[C@@H](O)[C@H](O)[C@H]2O[C@H]2C[C@](C)(NCc3ccc(-c4ccc(Cl)cc4)cc3)[C@@H](O)[C@H](C)O2)Oc2ccc(cc2Cl)[C@H]1O[C@H]1C[C@](C)(N)[C@@H](O)[C@H](C)O1. The lowest BCUT2D eigenvalue weighted by molar-refractivity contribution is -0.334. The minimum Gasteiger partial charge on any atom is -0.508 e. The largest absolute Gasteiger partial charge is 0.508 e. The Morgan fingerprint density at radius 3 is 1.89 bits per heavy atom. The number of phenols is 2. The molecule has 11 bridgehead atoms. The molecule has 0 aliphatic carbocycles. The van der Waals surface area contributed by atoms with Crippen molar-refractivity contribution < 1.29 is 141 Å². The number of amides is 8. The van der Waals surface area contributed by atoms with Crippen LogP contribution >= 0.6 is 34.8 Å². The van der Waals surface area contributed by atoms with Gasteiger partial charge in [-0.3, -0.25) is 43.3 Å². The molecule has 3 fully saturated rings. The number of aliphatic hydroxyl groups excluding tert-OH is 6. The summed E-state index contributed by atoms with van der Waals surface area (Å²) in [7, 11) is 1.16. The number of nitrogens with one attached hydrogen (secondary N) is 9. The van der Waals surface area contributed by atoms with Crippen molar-refractivity contribution in [1.82, 2.24) is 52.8 Å². The van der Waals surface area contributed by atoms with Crippen LogP contribution in [0.2, 0.25) is 15.1 Å². The second kappa shape index (κ2) is 46.8. The molecule has 8 aliphatic heterocycles. The first kappa shape index (κ1) is 108. The average Bonchev–Trinajstić information content (AvgIpc) is 0.759. The number of ether oxygens (including phenoxy) is 10. The molecule has 0 unspecified atom stereocenters. The number of fused-ring (bicyclic) bond motifs is 15. The third kappa shape index (κ3) is 25.5. The summed E-state index contributed by atoms with van der Waals surface area (Å²) in [6, 6.07) is 14.5. The first-order valence-electron chi connectivity index (χ1n) is 46.1. The van der Waals surface area contributed by atoms with Crippen molar-refractivity contribution >= 4 is 94.2 Å². The van der Waals surface area contributed by atoms with Crippen LogP contribution in [0.1, 0.15) is 149 Å². The van der Waals surface area contributed by atoms with Gasteiger partial charge in [0.25, 0.3) is 0 Å². The maximum atomic E-state index is 16.8. The van der Waals surface area contributed by atoms with E-state index in [-0.39, 0.29) is 65.7 Å². The fourth-order valence-corrected chi connectivity index (χ4v) is 18.3. The van der Waals surface area contributed by atoms with Gasteiger partial charge >= 0.3 is 18.0 Å². The number of likely N-dealkylation sites (N-methyl/N-ethyl adjacent to an activating group) is 1. The number of aromatic hydroxyl groups is 2. The van der Waals surface area contributed by atoms with Crippen LogP contribution in [-0.4, -0.2) is 266 Å². The summed E-state index contributed by atoms with van der Waals surface area (Å²) in [6.45, 7) is 11.4. The van der Waals surface area contributed by atoms with E-state index in [1.54, 1.807) is 39.8 Å². The number of hydrogen-bond donors (Lipinski definition) is 21. The molecule has 0 saturated carbocycles. The van der Waals surface area contributed by atoms with E-state index >= 15 is 28.8 Å². The summed E-state index contributed by atoms with van der Waals surface area (Å²) in [5.41, 5.74) is 16.2.